The zero-order valence-corrected chi connectivity index (χ0v) is 6.63. The fourth-order valence-corrected chi connectivity index (χ4v) is 0.771. The molecule has 0 aliphatic carbocycles. The van der Waals surface area contributed by atoms with E-state index in [4.69, 9.17) is 9.47 Å². The van der Waals surface area contributed by atoms with Crippen LogP contribution in [0.2, 0.25) is 0 Å². The number of rotatable bonds is 2. The Balaban J connectivity index is 2.99. The molecule has 0 aliphatic heterocycles. The van der Waals surface area contributed by atoms with Crippen molar-refractivity contribution in [2.45, 2.75) is 0 Å². The van der Waals surface area contributed by atoms with Crippen LogP contribution in [-0.4, -0.2) is 19.2 Å². The molecule has 0 N–H and O–H groups in total. The van der Waals surface area contributed by atoms with E-state index in [0.29, 0.717) is 11.6 Å². The Morgan fingerprint density at radius 1 is 1.36 bits per heavy atom. The molecule has 1 aromatic rings. The Morgan fingerprint density at radius 3 is 2.55 bits per heavy atom. The summed E-state index contributed by atoms with van der Waals surface area (Å²) in [7, 11) is 3.15. The second kappa shape index (κ2) is 3.23. The lowest BCUT2D eigenvalue weighted by molar-refractivity contribution is 0.385. The molecule has 1 rings (SSSR count). The van der Waals surface area contributed by atoms with Crippen LogP contribution in [-0.2, 0) is 0 Å². The Labute approximate surface area is 66.0 Å². The van der Waals surface area contributed by atoms with Crippen molar-refractivity contribution in [1.82, 2.24) is 4.98 Å². The summed E-state index contributed by atoms with van der Waals surface area (Å²) in [6.07, 6.45) is 1.59. The fourth-order valence-electron chi connectivity index (χ4n) is 0.771. The van der Waals surface area contributed by atoms with Gasteiger partial charge in [0.25, 0.3) is 0 Å². The van der Waals surface area contributed by atoms with Gasteiger partial charge in [0.2, 0.25) is 5.88 Å². The van der Waals surface area contributed by atoms with Gasteiger partial charge in [-0.3, -0.25) is 0 Å². The summed E-state index contributed by atoms with van der Waals surface area (Å²) in [4.78, 5) is 3.96. The molecule has 3 nitrogen and oxygen atoms in total. The van der Waals surface area contributed by atoms with E-state index in [9.17, 15) is 0 Å². The molecule has 0 aliphatic rings. The summed E-state index contributed by atoms with van der Waals surface area (Å²) in [5.41, 5.74) is 0.729. The summed E-state index contributed by atoms with van der Waals surface area (Å²) in [5, 5.41) is 0. The third-order valence-electron chi connectivity index (χ3n) is 1.33. The first-order valence-electron chi connectivity index (χ1n) is 3.18. The van der Waals surface area contributed by atoms with E-state index in [2.05, 4.69) is 11.9 Å². The average Bonchev–Trinajstić information content (AvgIpc) is 2.04. The van der Waals surface area contributed by atoms with Gasteiger partial charge in [0, 0.05) is 5.56 Å². The molecule has 0 amide bonds. The maximum absolute atomic E-state index is 4.94. The first-order chi connectivity index (χ1) is 5.27. The molecule has 0 saturated carbocycles. The minimum atomic E-state index is 0.533. The van der Waals surface area contributed by atoms with E-state index in [1.165, 1.54) is 0 Å². The molecule has 1 heterocycles. The zero-order valence-electron chi connectivity index (χ0n) is 6.63. The number of ether oxygens (including phenoxy) is 2. The first kappa shape index (κ1) is 7.85. The highest BCUT2D eigenvalue weighted by Crippen LogP contribution is 2.18. The van der Waals surface area contributed by atoms with Crippen molar-refractivity contribution in [2.75, 3.05) is 14.2 Å². The van der Waals surface area contributed by atoms with Crippen molar-refractivity contribution < 1.29 is 9.47 Å². The third-order valence-corrected chi connectivity index (χ3v) is 1.33. The molecule has 3 heteroatoms. The lowest BCUT2D eigenvalue weighted by Gasteiger charge is -2.04. The topological polar surface area (TPSA) is 31.4 Å². The molecule has 1 aromatic heterocycles. The van der Waals surface area contributed by atoms with E-state index in [0.717, 1.165) is 5.56 Å². The molecular weight excluding hydrogens is 142 g/mol. The van der Waals surface area contributed by atoms with Gasteiger partial charge in [0.1, 0.15) is 5.75 Å². The SMILES string of the molecule is [CH2]c1cc(OC)cnc1OC. The van der Waals surface area contributed by atoms with Crippen LogP contribution in [0.3, 0.4) is 0 Å². The molecule has 0 saturated heterocycles. The molecule has 59 valence electrons. The van der Waals surface area contributed by atoms with Crippen molar-refractivity contribution in [1.29, 1.82) is 0 Å². The minimum Gasteiger partial charge on any atom is -0.495 e. The van der Waals surface area contributed by atoms with Gasteiger partial charge in [0.15, 0.2) is 0 Å². The Morgan fingerprint density at radius 2 is 2.09 bits per heavy atom. The average molecular weight is 152 g/mol. The molecule has 0 aromatic carbocycles. The normalized spacial score (nSPS) is 9.36. The molecule has 0 unspecified atom stereocenters. The molecule has 1 radical (unpaired) electrons. The lowest BCUT2D eigenvalue weighted by atomic mass is 10.3. The number of aromatic nitrogens is 1. The Bertz CT molecular complexity index is 248. The van der Waals surface area contributed by atoms with Crippen LogP contribution in [0.25, 0.3) is 0 Å². The number of nitrogens with zero attached hydrogens (tertiary/aromatic N) is 1. The van der Waals surface area contributed by atoms with E-state index in [1.807, 2.05) is 0 Å². The fraction of sp³-hybridized carbons (Fsp3) is 0.250. The minimum absolute atomic E-state index is 0.533. The van der Waals surface area contributed by atoms with Gasteiger partial charge in [-0.1, -0.05) is 0 Å². The number of hydrogen-bond donors (Lipinski definition) is 0. The highest BCUT2D eigenvalue weighted by Gasteiger charge is 1.99. The van der Waals surface area contributed by atoms with Gasteiger partial charge >= 0.3 is 0 Å². The quantitative estimate of drug-likeness (QED) is 0.639. The summed E-state index contributed by atoms with van der Waals surface area (Å²) in [6, 6.07) is 1.77. The Hall–Kier alpha value is -1.25. The highest BCUT2D eigenvalue weighted by atomic mass is 16.5. The highest BCUT2D eigenvalue weighted by molar-refractivity contribution is 5.35. The standard InChI is InChI=1S/C8H10NO2/c1-6-4-7(10-2)5-9-8(6)11-3/h4-5H,1H2,2-3H3. The first-order valence-corrected chi connectivity index (χ1v) is 3.18. The van der Waals surface area contributed by atoms with Gasteiger partial charge in [-0.2, -0.15) is 0 Å². The van der Waals surface area contributed by atoms with Gasteiger partial charge < -0.3 is 9.47 Å². The number of hydrogen-bond acceptors (Lipinski definition) is 3. The van der Waals surface area contributed by atoms with E-state index >= 15 is 0 Å². The predicted molar refractivity (Wildman–Crippen MR) is 41.8 cm³/mol. The van der Waals surface area contributed by atoms with Gasteiger partial charge in [-0.25, -0.2) is 4.98 Å². The number of methoxy groups -OCH3 is 2. The molecule has 0 bridgehead atoms. The van der Waals surface area contributed by atoms with Crippen LogP contribution < -0.4 is 9.47 Å². The van der Waals surface area contributed by atoms with Crippen molar-refractivity contribution in [3.8, 4) is 11.6 Å². The summed E-state index contributed by atoms with van der Waals surface area (Å²) in [6.45, 7) is 3.73. The van der Waals surface area contributed by atoms with E-state index < -0.39 is 0 Å². The maximum Gasteiger partial charge on any atom is 0.216 e. The van der Waals surface area contributed by atoms with Crippen molar-refractivity contribution >= 4 is 0 Å². The van der Waals surface area contributed by atoms with E-state index in [-0.39, 0.29) is 0 Å². The Kier molecular flexibility index (Phi) is 2.31. The summed E-state index contributed by atoms with van der Waals surface area (Å²) < 4.78 is 9.85. The largest absolute Gasteiger partial charge is 0.495 e. The van der Waals surface area contributed by atoms with Crippen molar-refractivity contribution in [3.05, 3.63) is 24.8 Å². The van der Waals surface area contributed by atoms with Crippen molar-refractivity contribution in [3.63, 3.8) is 0 Å². The van der Waals surface area contributed by atoms with Crippen molar-refractivity contribution in [2.24, 2.45) is 0 Å². The summed E-state index contributed by atoms with van der Waals surface area (Å²) >= 11 is 0. The van der Waals surface area contributed by atoms with Crippen LogP contribution in [0.15, 0.2) is 12.3 Å². The van der Waals surface area contributed by atoms with Crippen LogP contribution in [0.4, 0.5) is 0 Å². The lowest BCUT2D eigenvalue weighted by Crippen LogP contribution is -1.92. The van der Waals surface area contributed by atoms with Crippen LogP contribution >= 0.6 is 0 Å². The zero-order chi connectivity index (χ0) is 8.27. The third kappa shape index (κ3) is 1.61. The van der Waals surface area contributed by atoms with Gasteiger partial charge in [-0.15, -0.1) is 0 Å². The molecular formula is C8H10NO2. The van der Waals surface area contributed by atoms with Gasteiger partial charge in [-0.05, 0) is 13.0 Å². The summed E-state index contributed by atoms with van der Waals surface area (Å²) in [5.74, 6) is 1.22. The molecule has 0 fully saturated rings. The van der Waals surface area contributed by atoms with E-state index in [1.54, 1.807) is 26.5 Å². The molecule has 0 spiro atoms. The second-order valence-electron chi connectivity index (χ2n) is 2.04. The van der Waals surface area contributed by atoms with Crippen LogP contribution in [0, 0.1) is 6.92 Å². The van der Waals surface area contributed by atoms with Crippen LogP contribution in [0.5, 0.6) is 11.6 Å². The molecule has 11 heavy (non-hydrogen) atoms. The van der Waals surface area contributed by atoms with Crippen LogP contribution in [0.1, 0.15) is 5.56 Å². The molecule has 0 atom stereocenters. The maximum atomic E-state index is 4.94. The van der Waals surface area contributed by atoms with Gasteiger partial charge in [0.05, 0.1) is 20.4 Å². The smallest absolute Gasteiger partial charge is 0.216 e. The number of pyridine rings is 1. The second-order valence-corrected chi connectivity index (χ2v) is 2.04. The monoisotopic (exact) mass is 152 g/mol. The predicted octanol–water partition coefficient (Wildman–Crippen LogP) is 1.28.